The molecule has 124 valence electrons. The zero-order valence-electron chi connectivity index (χ0n) is 14.1. The summed E-state index contributed by atoms with van der Waals surface area (Å²) in [7, 11) is 0. The number of nitrogens with one attached hydrogen (secondary N) is 1. The molecule has 0 spiro atoms. The zero-order valence-corrected chi connectivity index (χ0v) is 14.1. The van der Waals surface area contributed by atoms with Crippen LogP contribution in [0.5, 0.6) is 0 Å². The molecule has 1 unspecified atom stereocenters. The van der Waals surface area contributed by atoms with Crippen molar-refractivity contribution in [1.82, 2.24) is 5.32 Å². The minimum Gasteiger partial charge on any atom is -0.465 e. The Bertz CT molecular complexity index is 438. The van der Waals surface area contributed by atoms with Gasteiger partial charge in [0.2, 0.25) is 0 Å². The highest BCUT2D eigenvalue weighted by atomic mass is 16.5. The predicted octanol–water partition coefficient (Wildman–Crippen LogP) is 4.02. The smallest absolute Gasteiger partial charge is 0.267 e. The molecule has 0 aromatic heterocycles. The first-order chi connectivity index (χ1) is 10.6. The van der Waals surface area contributed by atoms with E-state index in [4.69, 9.17) is 4.74 Å². The second kappa shape index (κ2) is 10.2. The first-order valence-electron chi connectivity index (χ1n) is 8.47. The quantitative estimate of drug-likeness (QED) is 0.490. The van der Waals surface area contributed by atoms with Crippen LogP contribution in [0.1, 0.15) is 72.1 Å². The molecule has 1 saturated heterocycles. The van der Waals surface area contributed by atoms with Gasteiger partial charge in [-0.1, -0.05) is 45.1 Å². The fourth-order valence-electron chi connectivity index (χ4n) is 2.40. The Morgan fingerprint density at radius 1 is 1.18 bits per heavy atom. The van der Waals surface area contributed by atoms with Crippen molar-refractivity contribution >= 4 is 11.7 Å². The lowest BCUT2D eigenvalue weighted by molar-refractivity contribution is -0.123. The molecular formula is C18H29NO3. The molecule has 1 amide bonds. The SMILES string of the molecule is CCCCCC/C(C)=C/C(=O)/C=C1\NC(=O)C(CCCC)O1. The fourth-order valence-corrected chi connectivity index (χ4v) is 2.40. The van der Waals surface area contributed by atoms with Crippen molar-refractivity contribution in [1.29, 1.82) is 0 Å². The van der Waals surface area contributed by atoms with E-state index in [9.17, 15) is 9.59 Å². The van der Waals surface area contributed by atoms with Crippen molar-refractivity contribution in [3.8, 4) is 0 Å². The van der Waals surface area contributed by atoms with Gasteiger partial charge in [-0.3, -0.25) is 14.9 Å². The van der Waals surface area contributed by atoms with Gasteiger partial charge >= 0.3 is 0 Å². The van der Waals surface area contributed by atoms with Gasteiger partial charge in [0.05, 0.1) is 0 Å². The highest BCUT2D eigenvalue weighted by Crippen LogP contribution is 2.16. The monoisotopic (exact) mass is 307 g/mol. The zero-order chi connectivity index (χ0) is 16.4. The average molecular weight is 307 g/mol. The summed E-state index contributed by atoms with van der Waals surface area (Å²) in [5.41, 5.74) is 1.07. The lowest BCUT2D eigenvalue weighted by atomic mass is 10.1. The molecule has 0 radical (unpaired) electrons. The molecule has 0 bridgehead atoms. The second-order valence-electron chi connectivity index (χ2n) is 5.95. The second-order valence-corrected chi connectivity index (χ2v) is 5.95. The molecule has 4 heteroatoms. The standard InChI is InChI=1S/C18H29NO3/c1-4-6-8-9-10-14(3)12-15(20)13-17-19-18(21)16(22-17)11-7-5-2/h12-13,16H,4-11H2,1-3H3,(H,19,21)/b14-12+,17-13+. The third-order valence-electron chi connectivity index (χ3n) is 3.71. The lowest BCUT2D eigenvalue weighted by Crippen LogP contribution is -2.22. The molecule has 1 atom stereocenters. The van der Waals surface area contributed by atoms with Crippen molar-refractivity contribution in [2.24, 2.45) is 0 Å². The van der Waals surface area contributed by atoms with E-state index in [0.717, 1.165) is 31.3 Å². The average Bonchev–Trinajstić information content (AvgIpc) is 2.81. The van der Waals surface area contributed by atoms with Crippen LogP contribution in [0.3, 0.4) is 0 Å². The number of ketones is 1. The van der Waals surface area contributed by atoms with Gasteiger partial charge in [0.25, 0.3) is 5.91 Å². The van der Waals surface area contributed by atoms with Crippen LogP contribution in [0.2, 0.25) is 0 Å². The lowest BCUT2D eigenvalue weighted by Gasteiger charge is -2.05. The third-order valence-corrected chi connectivity index (χ3v) is 3.71. The Hall–Kier alpha value is -1.58. The highest BCUT2D eigenvalue weighted by Gasteiger charge is 2.29. The van der Waals surface area contributed by atoms with Gasteiger partial charge in [0, 0.05) is 6.08 Å². The first-order valence-corrected chi connectivity index (χ1v) is 8.47. The van der Waals surface area contributed by atoms with E-state index < -0.39 is 6.10 Å². The van der Waals surface area contributed by atoms with Crippen molar-refractivity contribution in [3.05, 3.63) is 23.6 Å². The number of rotatable bonds is 10. The summed E-state index contributed by atoms with van der Waals surface area (Å²) in [5, 5.41) is 2.63. The van der Waals surface area contributed by atoms with E-state index in [2.05, 4.69) is 19.2 Å². The van der Waals surface area contributed by atoms with E-state index in [1.165, 1.54) is 25.3 Å². The van der Waals surface area contributed by atoms with Crippen molar-refractivity contribution in [2.75, 3.05) is 0 Å². The number of hydrogen-bond acceptors (Lipinski definition) is 3. The summed E-state index contributed by atoms with van der Waals surface area (Å²) in [5.74, 6) is 0.0123. The van der Waals surface area contributed by atoms with Gasteiger partial charge in [0.15, 0.2) is 17.8 Å². The minimum absolute atomic E-state index is 0.126. The molecule has 1 fully saturated rings. The van der Waals surface area contributed by atoms with Gasteiger partial charge in [-0.25, -0.2) is 0 Å². The summed E-state index contributed by atoms with van der Waals surface area (Å²) >= 11 is 0. The van der Waals surface area contributed by atoms with Crippen molar-refractivity contribution in [3.63, 3.8) is 0 Å². The molecule has 1 aliphatic heterocycles. The maximum absolute atomic E-state index is 11.9. The summed E-state index contributed by atoms with van der Waals surface area (Å²) in [4.78, 5) is 23.6. The number of amides is 1. The van der Waals surface area contributed by atoms with Crippen LogP contribution in [-0.2, 0) is 14.3 Å². The maximum atomic E-state index is 11.9. The summed E-state index contributed by atoms with van der Waals surface area (Å²) < 4.78 is 5.49. The molecule has 1 heterocycles. The number of carbonyl (C=O) groups is 2. The van der Waals surface area contributed by atoms with E-state index in [-0.39, 0.29) is 17.6 Å². The molecule has 0 saturated carbocycles. The molecular weight excluding hydrogens is 278 g/mol. The van der Waals surface area contributed by atoms with Crippen LogP contribution in [0.4, 0.5) is 0 Å². The Morgan fingerprint density at radius 3 is 2.59 bits per heavy atom. The van der Waals surface area contributed by atoms with E-state index in [1.807, 2.05) is 6.92 Å². The van der Waals surface area contributed by atoms with E-state index in [1.54, 1.807) is 6.08 Å². The summed E-state index contributed by atoms with van der Waals surface area (Å²) in [6.07, 6.45) is 10.9. The largest absolute Gasteiger partial charge is 0.465 e. The van der Waals surface area contributed by atoms with E-state index >= 15 is 0 Å². The highest BCUT2D eigenvalue weighted by molar-refractivity contribution is 6.00. The Kier molecular flexibility index (Phi) is 8.56. The Balaban J connectivity index is 2.44. The summed E-state index contributed by atoms with van der Waals surface area (Å²) in [6.45, 7) is 6.23. The van der Waals surface area contributed by atoms with Gasteiger partial charge in [-0.05, 0) is 38.7 Å². The Morgan fingerprint density at radius 2 is 1.91 bits per heavy atom. The van der Waals surface area contributed by atoms with Gasteiger partial charge in [0.1, 0.15) is 0 Å². The minimum atomic E-state index is -0.446. The number of allylic oxidation sites excluding steroid dienone is 3. The summed E-state index contributed by atoms with van der Waals surface area (Å²) in [6, 6.07) is 0. The Labute approximate surface area is 134 Å². The normalized spacial score (nSPS) is 20.1. The van der Waals surface area contributed by atoms with Gasteiger partial charge < -0.3 is 4.74 Å². The van der Waals surface area contributed by atoms with Crippen LogP contribution < -0.4 is 5.32 Å². The molecule has 1 rings (SSSR count). The third kappa shape index (κ3) is 6.92. The van der Waals surface area contributed by atoms with Gasteiger partial charge in [-0.15, -0.1) is 0 Å². The molecule has 4 nitrogen and oxygen atoms in total. The van der Waals surface area contributed by atoms with Crippen molar-refractivity contribution in [2.45, 2.75) is 78.2 Å². The topological polar surface area (TPSA) is 55.4 Å². The predicted molar refractivity (Wildman–Crippen MR) is 88.1 cm³/mol. The number of hydrogen-bond donors (Lipinski definition) is 1. The molecule has 0 aliphatic carbocycles. The molecule has 0 aromatic carbocycles. The van der Waals surface area contributed by atoms with Crippen LogP contribution in [0, 0.1) is 0 Å². The molecule has 1 N–H and O–H groups in total. The van der Waals surface area contributed by atoms with Crippen LogP contribution in [0.15, 0.2) is 23.6 Å². The maximum Gasteiger partial charge on any atom is 0.267 e. The molecule has 22 heavy (non-hydrogen) atoms. The number of ether oxygens (including phenoxy) is 1. The van der Waals surface area contributed by atoms with Crippen molar-refractivity contribution < 1.29 is 14.3 Å². The fraction of sp³-hybridized carbons (Fsp3) is 0.667. The molecule has 1 aliphatic rings. The van der Waals surface area contributed by atoms with E-state index in [0.29, 0.717) is 6.42 Å². The molecule has 0 aromatic rings. The van der Waals surface area contributed by atoms with Crippen LogP contribution in [-0.4, -0.2) is 17.8 Å². The van der Waals surface area contributed by atoms with Crippen LogP contribution in [0.25, 0.3) is 0 Å². The van der Waals surface area contributed by atoms with Gasteiger partial charge in [-0.2, -0.15) is 0 Å². The number of carbonyl (C=O) groups excluding carboxylic acids is 2. The number of unbranched alkanes of at least 4 members (excludes halogenated alkanes) is 4. The first kappa shape index (κ1) is 18.5. The van der Waals surface area contributed by atoms with Crippen LogP contribution >= 0.6 is 0 Å².